The fraction of sp³-hybridized carbons (Fsp3) is 0.167. The Kier molecular flexibility index (Phi) is 4.37. The Morgan fingerprint density at radius 2 is 2.28 bits per heavy atom. The van der Waals surface area contributed by atoms with Gasteiger partial charge in [-0.1, -0.05) is 17.7 Å². The van der Waals surface area contributed by atoms with Gasteiger partial charge in [-0.15, -0.1) is 11.3 Å². The van der Waals surface area contributed by atoms with E-state index in [1.165, 1.54) is 11.3 Å². The lowest BCUT2D eigenvalue weighted by Crippen LogP contribution is -1.97. The largest absolute Gasteiger partial charge is 0.481 e. The monoisotopic (exact) mass is 345 g/mol. The van der Waals surface area contributed by atoms with Gasteiger partial charge in [0.25, 0.3) is 0 Å². The summed E-state index contributed by atoms with van der Waals surface area (Å²) in [6.45, 7) is 0. The number of halogens is 2. The number of hydrogen-bond donors (Lipinski definition) is 1. The zero-order valence-electron chi connectivity index (χ0n) is 9.19. The molecule has 94 valence electrons. The van der Waals surface area contributed by atoms with Gasteiger partial charge < -0.3 is 5.11 Å². The van der Waals surface area contributed by atoms with Crippen molar-refractivity contribution in [3.05, 3.63) is 38.8 Å². The topological polar surface area (TPSA) is 50.2 Å². The highest BCUT2D eigenvalue weighted by Crippen LogP contribution is 2.30. The summed E-state index contributed by atoms with van der Waals surface area (Å²) >= 11 is 10.8. The molecule has 0 radical (unpaired) electrons. The number of benzene rings is 1. The lowest BCUT2D eigenvalue weighted by atomic mass is 10.2. The summed E-state index contributed by atoms with van der Waals surface area (Å²) in [7, 11) is 0. The first kappa shape index (κ1) is 13.5. The molecule has 1 N–H and O–H groups in total. The van der Waals surface area contributed by atoms with Crippen molar-refractivity contribution in [2.45, 2.75) is 12.8 Å². The summed E-state index contributed by atoms with van der Waals surface area (Å²) in [4.78, 5) is 14.9. The van der Waals surface area contributed by atoms with Crippen LogP contribution >= 0.6 is 38.9 Å². The Morgan fingerprint density at radius 1 is 1.50 bits per heavy atom. The number of aromatic nitrogens is 1. The molecule has 1 aromatic heterocycles. The van der Waals surface area contributed by atoms with Crippen molar-refractivity contribution >= 4 is 44.8 Å². The second-order valence-electron chi connectivity index (χ2n) is 3.67. The van der Waals surface area contributed by atoms with Gasteiger partial charge in [-0.05, 0) is 28.1 Å². The summed E-state index contributed by atoms with van der Waals surface area (Å²) in [6, 6.07) is 5.61. The zero-order chi connectivity index (χ0) is 13.1. The average molecular weight is 347 g/mol. The molecule has 0 aliphatic carbocycles. The number of rotatable bonds is 4. The molecule has 0 atom stereocenters. The minimum atomic E-state index is -0.807. The predicted octanol–water partition coefficient (Wildman–Crippen LogP) is 4.24. The van der Waals surface area contributed by atoms with Gasteiger partial charge in [0.2, 0.25) is 0 Å². The van der Waals surface area contributed by atoms with Gasteiger partial charge in [0.15, 0.2) is 0 Å². The standard InChI is InChI=1S/C12H9BrClNO2S/c13-9-5-7(1-3-10(9)14)12-15-8(6-18-12)2-4-11(16)17/h1,3,5-6H,2,4H2,(H,16,17). The van der Waals surface area contributed by atoms with Gasteiger partial charge >= 0.3 is 5.97 Å². The first-order chi connectivity index (χ1) is 8.56. The van der Waals surface area contributed by atoms with E-state index in [1.54, 1.807) is 6.07 Å². The SMILES string of the molecule is O=C(O)CCc1csc(-c2ccc(Cl)c(Br)c2)n1. The second-order valence-corrected chi connectivity index (χ2v) is 5.79. The second kappa shape index (κ2) is 5.82. The van der Waals surface area contributed by atoms with Crippen LogP contribution in [0.2, 0.25) is 5.02 Å². The molecule has 0 aliphatic rings. The molecule has 0 spiro atoms. The van der Waals surface area contributed by atoms with Gasteiger partial charge in [-0.3, -0.25) is 4.79 Å². The van der Waals surface area contributed by atoms with E-state index >= 15 is 0 Å². The third-order valence-corrected chi connectivity index (χ3v) is 4.47. The average Bonchev–Trinajstić information content (AvgIpc) is 2.79. The van der Waals surface area contributed by atoms with Crippen LogP contribution in [0.5, 0.6) is 0 Å². The molecule has 2 aromatic rings. The van der Waals surface area contributed by atoms with E-state index in [0.717, 1.165) is 20.7 Å². The van der Waals surface area contributed by atoms with Crippen molar-refractivity contribution in [1.29, 1.82) is 0 Å². The van der Waals surface area contributed by atoms with E-state index in [1.807, 2.05) is 17.5 Å². The molecule has 2 rings (SSSR count). The van der Waals surface area contributed by atoms with Crippen molar-refractivity contribution in [2.75, 3.05) is 0 Å². The van der Waals surface area contributed by atoms with E-state index in [-0.39, 0.29) is 6.42 Å². The molecule has 0 saturated heterocycles. The summed E-state index contributed by atoms with van der Waals surface area (Å²) < 4.78 is 0.823. The van der Waals surface area contributed by atoms with Gasteiger partial charge in [-0.2, -0.15) is 0 Å². The fourth-order valence-electron chi connectivity index (χ4n) is 1.42. The van der Waals surface area contributed by atoms with Crippen molar-refractivity contribution in [1.82, 2.24) is 4.98 Å². The van der Waals surface area contributed by atoms with E-state index in [9.17, 15) is 4.79 Å². The number of aryl methyl sites for hydroxylation is 1. The van der Waals surface area contributed by atoms with Gasteiger partial charge in [0.05, 0.1) is 17.1 Å². The quantitative estimate of drug-likeness (QED) is 0.900. The van der Waals surface area contributed by atoms with Gasteiger partial charge in [0, 0.05) is 21.8 Å². The molecule has 1 aromatic carbocycles. The van der Waals surface area contributed by atoms with Crippen LogP contribution in [0.3, 0.4) is 0 Å². The number of hydrogen-bond acceptors (Lipinski definition) is 3. The summed E-state index contributed by atoms with van der Waals surface area (Å²) in [5, 5.41) is 12.0. The van der Waals surface area contributed by atoms with Crippen LogP contribution in [0.1, 0.15) is 12.1 Å². The number of carboxylic acid groups (broad SMARTS) is 1. The number of thiazole rings is 1. The van der Waals surface area contributed by atoms with E-state index in [4.69, 9.17) is 16.7 Å². The Bertz CT molecular complexity index is 585. The van der Waals surface area contributed by atoms with E-state index in [2.05, 4.69) is 20.9 Å². The van der Waals surface area contributed by atoms with Crippen molar-refractivity contribution < 1.29 is 9.90 Å². The molecule has 0 amide bonds. The molecule has 0 aliphatic heterocycles. The maximum Gasteiger partial charge on any atom is 0.303 e. The Balaban J connectivity index is 2.18. The molecule has 0 saturated carbocycles. The first-order valence-corrected chi connectivity index (χ1v) is 7.23. The Hall–Kier alpha value is -0.910. The van der Waals surface area contributed by atoms with Crippen LogP contribution in [0, 0.1) is 0 Å². The molecule has 0 unspecified atom stereocenters. The zero-order valence-corrected chi connectivity index (χ0v) is 12.3. The first-order valence-electron chi connectivity index (χ1n) is 5.18. The number of carbonyl (C=O) groups is 1. The fourth-order valence-corrected chi connectivity index (χ4v) is 2.77. The van der Waals surface area contributed by atoms with Crippen LogP contribution in [0.25, 0.3) is 10.6 Å². The van der Waals surface area contributed by atoms with Crippen LogP contribution in [0.4, 0.5) is 0 Å². The molecule has 1 heterocycles. The van der Waals surface area contributed by atoms with Gasteiger partial charge in [0.1, 0.15) is 5.01 Å². The van der Waals surface area contributed by atoms with Crippen LogP contribution in [-0.2, 0) is 11.2 Å². The predicted molar refractivity (Wildman–Crippen MR) is 76.2 cm³/mol. The minimum Gasteiger partial charge on any atom is -0.481 e. The maximum atomic E-state index is 10.5. The maximum absolute atomic E-state index is 10.5. The van der Waals surface area contributed by atoms with Gasteiger partial charge in [-0.25, -0.2) is 4.98 Å². The molecule has 0 bridgehead atoms. The summed E-state index contributed by atoms with van der Waals surface area (Å²) in [6.07, 6.45) is 0.564. The number of aliphatic carboxylic acids is 1. The van der Waals surface area contributed by atoms with E-state index in [0.29, 0.717) is 11.4 Å². The lowest BCUT2D eigenvalue weighted by molar-refractivity contribution is -0.136. The molecule has 6 heteroatoms. The van der Waals surface area contributed by atoms with Crippen molar-refractivity contribution in [2.24, 2.45) is 0 Å². The number of nitrogens with zero attached hydrogens (tertiary/aromatic N) is 1. The molecule has 0 fully saturated rings. The Morgan fingerprint density at radius 3 is 2.94 bits per heavy atom. The summed E-state index contributed by atoms with van der Waals surface area (Å²) in [5.41, 5.74) is 1.78. The van der Waals surface area contributed by atoms with E-state index < -0.39 is 5.97 Å². The summed E-state index contributed by atoms with van der Waals surface area (Å²) in [5.74, 6) is -0.807. The van der Waals surface area contributed by atoms with Crippen LogP contribution in [0.15, 0.2) is 28.1 Å². The molecule has 3 nitrogen and oxygen atoms in total. The lowest BCUT2D eigenvalue weighted by Gasteiger charge is -1.99. The Labute approximate surface area is 122 Å². The molecular formula is C12H9BrClNO2S. The highest BCUT2D eigenvalue weighted by molar-refractivity contribution is 9.10. The van der Waals surface area contributed by atoms with Crippen molar-refractivity contribution in [3.63, 3.8) is 0 Å². The smallest absolute Gasteiger partial charge is 0.303 e. The third-order valence-electron chi connectivity index (χ3n) is 2.31. The normalized spacial score (nSPS) is 10.6. The highest BCUT2D eigenvalue weighted by atomic mass is 79.9. The number of carboxylic acids is 1. The van der Waals surface area contributed by atoms with Crippen LogP contribution < -0.4 is 0 Å². The molecule has 18 heavy (non-hydrogen) atoms. The highest BCUT2D eigenvalue weighted by Gasteiger charge is 2.08. The van der Waals surface area contributed by atoms with Crippen LogP contribution in [-0.4, -0.2) is 16.1 Å². The van der Waals surface area contributed by atoms with Crippen molar-refractivity contribution in [3.8, 4) is 10.6 Å². The minimum absolute atomic E-state index is 0.105. The third kappa shape index (κ3) is 3.31. The molecular weight excluding hydrogens is 338 g/mol.